The molecule has 1 aliphatic rings. The van der Waals surface area contributed by atoms with Gasteiger partial charge >= 0.3 is 0 Å². The van der Waals surface area contributed by atoms with Crippen molar-refractivity contribution >= 4 is 10.0 Å². The number of aliphatic hydroxyl groups is 1. The monoisotopic (exact) mass is 315 g/mol. The summed E-state index contributed by atoms with van der Waals surface area (Å²) in [5.74, 6) is 1.30. The Labute approximate surface area is 125 Å². The van der Waals surface area contributed by atoms with Gasteiger partial charge in [-0.2, -0.15) is 0 Å². The fraction of sp³-hybridized carbons (Fsp3) is 0.571. The number of aliphatic hydroxyl groups excluding tert-OH is 1. The number of benzene rings is 1. The Bertz CT molecular complexity index is 573. The molecule has 0 amide bonds. The summed E-state index contributed by atoms with van der Waals surface area (Å²) in [7, 11) is -3.33. The fourth-order valence-corrected chi connectivity index (χ4v) is 3.22. The van der Waals surface area contributed by atoms with Crippen molar-refractivity contribution in [2.75, 3.05) is 25.5 Å². The van der Waals surface area contributed by atoms with Gasteiger partial charge in [0.25, 0.3) is 0 Å². The molecule has 0 aliphatic carbocycles. The van der Waals surface area contributed by atoms with Crippen LogP contribution >= 0.6 is 0 Å². The zero-order valence-electron chi connectivity index (χ0n) is 12.0. The second-order valence-corrected chi connectivity index (χ2v) is 6.87. The third-order valence-electron chi connectivity index (χ3n) is 3.21. The van der Waals surface area contributed by atoms with Crippen molar-refractivity contribution in [3.8, 4) is 11.5 Å². The van der Waals surface area contributed by atoms with Crippen molar-refractivity contribution in [2.45, 2.75) is 25.9 Å². The Balaban J connectivity index is 1.95. The van der Waals surface area contributed by atoms with Crippen LogP contribution in [0, 0.1) is 0 Å². The van der Waals surface area contributed by atoms with Crippen LogP contribution in [0.3, 0.4) is 0 Å². The standard InChI is InChI=1S/C14H21NO5S/c1-2-3-8-21(17,18)15-10-12(16)11-4-5-13-14(9-11)20-7-6-19-13/h4-5,9,12,15-16H,2-3,6-8,10H2,1H3. The van der Waals surface area contributed by atoms with E-state index in [1.807, 2.05) is 6.92 Å². The van der Waals surface area contributed by atoms with Gasteiger partial charge in [0.15, 0.2) is 11.5 Å². The topological polar surface area (TPSA) is 84.9 Å². The van der Waals surface area contributed by atoms with Crippen LogP contribution in [0.15, 0.2) is 18.2 Å². The number of rotatable bonds is 7. The molecule has 0 fully saturated rings. The van der Waals surface area contributed by atoms with E-state index in [-0.39, 0.29) is 12.3 Å². The summed E-state index contributed by atoms with van der Waals surface area (Å²) < 4.78 is 36.6. The molecular weight excluding hydrogens is 294 g/mol. The molecular formula is C14H21NO5S. The van der Waals surface area contributed by atoms with Gasteiger partial charge in [0.2, 0.25) is 10.0 Å². The van der Waals surface area contributed by atoms with E-state index >= 15 is 0 Å². The number of nitrogens with one attached hydrogen (secondary N) is 1. The van der Waals surface area contributed by atoms with Crippen LogP contribution < -0.4 is 14.2 Å². The van der Waals surface area contributed by atoms with Gasteiger partial charge in [0.05, 0.1) is 11.9 Å². The lowest BCUT2D eigenvalue weighted by molar-refractivity contribution is 0.165. The maximum absolute atomic E-state index is 11.7. The lowest BCUT2D eigenvalue weighted by Crippen LogP contribution is -2.30. The first-order valence-corrected chi connectivity index (χ1v) is 8.72. The van der Waals surface area contributed by atoms with Crippen LogP contribution in [0.5, 0.6) is 11.5 Å². The Morgan fingerprint density at radius 3 is 2.71 bits per heavy atom. The summed E-state index contributed by atoms with van der Waals surface area (Å²) in [5, 5.41) is 10.1. The minimum absolute atomic E-state index is 0.0499. The van der Waals surface area contributed by atoms with Gasteiger partial charge < -0.3 is 14.6 Å². The molecule has 1 heterocycles. The van der Waals surface area contributed by atoms with Crippen LogP contribution in [0.4, 0.5) is 0 Å². The number of fused-ring (bicyclic) bond motifs is 1. The van der Waals surface area contributed by atoms with Crippen LogP contribution in [0.1, 0.15) is 31.4 Å². The van der Waals surface area contributed by atoms with E-state index in [4.69, 9.17) is 9.47 Å². The number of hydrogen-bond acceptors (Lipinski definition) is 5. The van der Waals surface area contributed by atoms with Gasteiger partial charge in [-0.05, 0) is 24.1 Å². The van der Waals surface area contributed by atoms with Crippen LogP contribution in [0.25, 0.3) is 0 Å². The smallest absolute Gasteiger partial charge is 0.211 e. The minimum Gasteiger partial charge on any atom is -0.486 e. The second-order valence-electron chi connectivity index (χ2n) is 4.94. The molecule has 0 saturated heterocycles. The quantitative estimate of drug-likeness (QED) is 0.790. The maximum atomic E-state index is 11.7. The molecule has 0 aromatic heterocycles. The normalized spacial score (nSPS) is 15.7. The van der Waals surface area contributed by atoms with Crippen molar-refractivity contribution in [1.82, 2.24) is 4.72 Å². The molecule has 0 saturated carbocycles. The molecule has 1 aromatic carbocycles. The molecule has 1 atom stereocenters. The summed E-state index contributed by atoms with van der Waals surface area (Å²) in [6.45, 7) is 2.85. The third-order valence-corrected chi connectivity index (χ3v) is 4.65. The SMILES string of the molecule is CCCCS(=O)(=O)NCC(O)c1ccc2c(c1)OCCO2. The molecule has 2 N–H and O–H groups in total. The minimum atomic E-state index is -3.33. The predicted molar refractivity (Wildman–Crippen MR) is 79.1 cm³/mol. The summed E-state index contributed by atoms with van der Waals surface area (Å²) >= 11 is 0. The third kappa shape index (κ3) is 4.59. The van der Waals surface area contributed by atoms with Crippen molar-refractivity contribution in [3.63, 3.8) is 0 Å². The number of sulfonamides is 1. The first kappa shape index (κ1) is 16.1. The van der Waals surface area contributed by atoms with Gasteiger partial charge in [-0.15, -0.1) is 0 Å². The second kappa shape index (κ2) is 7.11. The summed E-state index contributed by atoms with van der Waals surface area (Å²) in [6.07, 6.45) is 0.499. The molecule has 0 bridgehead atoms. The van der Waals surface area contributed by atoms with Crippen molar-refractivity contribution in [2.24, 2.45) is 0 Å². The van der Waals surface area contributed by atoms with E-state index in [1.165, 1.54) is 0 Å². The van der Waals surface area contributed by atoms with E-state index in [9.17, 15) is 13.5 Å². The highest BCUT2D eigenvalue weighted by atomic mass is 32.2. The Morgan fingerprint density at radius 2 is 2.00 bits per heavy atom. The molecule has 0 radical (unpaired) electrons. The average molecular weight is 315 g/mol. The number of unbranched alkanes of at least 4 members (excludes halogenated alkanes) is 1. The Hall–Kier alpha value is -1.31. The fourth-order valence-electron chi connectivity index (χ4n) is 2.00. The predicted octanol–water partition coefficient (Wildman–Crippen LogP) is 1.21. The largest absolute Gasteiger partial charge is 0.486 e. The first-order chi connectivity index (χ1) is 10.0. The van der Waals surface area contributed by atoms with Gasteiger partial charge in [0.1, 0.15) is 13.2 Å². The van der Waals surface area contributed by atoms with Crippen LogP contribution in [-0.4, -0.2) is 39.0 Å². The molecule has 0 spiro atoms. The zero-order valence-corrected chi connectivity index (χ0v) is 12.9. The Morgan fingerprint density at radius 1 is 1.29 bits per heavy atom. The van der Waals surface area contributed by atoms with Crippen LogP contribution in [-0.2, 0) is 10.0 Å². The average Bonchev–Trinajstić information content (AvgIpc) is 2.50. The van der Waals surface area contributed by atoms with E-state index in [0.717, 1.165) is 6.42 Å². The van der Waals surface area contributed by atoms with Crippen molar-refractivity contribution < 1.29 is 23.0 Å². The highest BCUT2D eigenvalue weighted by Crippen LogP contribution is 2.32. The molecule has 7 heteroatoms. The molecule has 21 heavy (non-hydrogen) atoms. The van der Waals surface area contributed by atoms with Crippen molar-refractivity contribution in [3.05, 3.63) is 23.8 Å². The molecule has 1 aromatic rings. The Kier molecular flexibility index (Phi) is 5.44. The maximum Gasteiger partial charge on any atom is 0.211 e. The number of hydrogen-bond donors (Lipinski definition) is 2. The molecule has 118 valence electrons. The van der Waals surface area contributed by atoms with Gasteiger partial charge in [-0.25, -0.2) is 13.1 Å². The van der Waals surface area contributed by atoms with Gasteiger partial charge in [-0.1, -0.05) is 19.4 Å². The highest BCUT2D eigenvalue weighted by Gasteiger charge is 2.17. The zero-order chi connectivity index (χ0) is 15.3. The van der Waals surface area contributed by atoms with E-state index in [2.05, 4.69) is 4.72 Å². The lowest BCUT2D eigenvalue weighted by Gasteiger charge is -2.20. The van der Waals surface area contributed by atoms with E-state index < -0.39 is 16.1 Å². The molecule has 1 aliphatic heterocycles. The molecule has 1 unspecified atom stereocenters. The van der Waals surface area contributed by atoms with Crippen LogP contribution in [0.2, 0.25) is 0 Å². The number of ether oxygens (including phenoxy) is 2. The summed E-state index contributed by atoms with van der Waals surface area (Å²) in [4.78, 5) is 0. The van der Waals surface area contributed by atoms with Gasteiger partial charge in [0, 0.05) is 6.54 Å². The molecule has 2 rings (SSSR count). The van der Waals surface area contributed by atoms with Gasteiger partial charge in [-0.3, -0.25) is 0 Å². The lowest BCUT2D eigenvalue weighted by atomic mass is 10.1. The summed E-state index contributed by atoms with van der Waals surface area (Å²) in [5.41, 5.74) is 0.595. The molecule has 6 nitrogen and oxygen atoms in total. The summed E-state index contributed by atoms with van der Waals surface area (Å²) in [6, 6.07) is 5.11. The van der Waals surface area contributed by atoms with E-state index in [0.29, 0.717) is 36.7 Å². The first-order valence-electron chi connectivity index (χ1n) is 7.07. The van der Waals surface area contributed by atoms with Crippen molar-refractivity contribution in [1.29, 1.82) is 0 Å². The van der Waals surface area contributed by atoms with E-state index in [1.54, 1.807) is 18.2 Å². The highest BCUT2D eigenvalue weighted by molar-refractivity contribution is 7.89.